The van der Waals surface area contributed by atoms with Gasteiger partial charge in [-0.05, 0) is 63.7 Å². The molecule has 7 heteroatoms. The molecule has 1 heterocycles. The van der Waals surface area contributed by atoms with E-state index in [1.165, 1.54) is 6.07 Å². The first-order valence-corrected chi connectivity index (χ1v) is 5.54. The van der Waals surface area contributed by atoms with Crippen LogP contribution >= 0.6 is 45.2 Å². The van der Waals surface area contributed by atoms with Crippen LogP contribution in [0.1, 0.15) is 5.56 Å². The molecule has 0 amide bonds. The third kappa shape index (κ3) is 3.41. The smallest absolute Gasteiger partial charge is 0.403 e. The van der Waals surface area contributed by atoms with Gasteiger partial charge in [0.05, 0.1) is 0 Å². The molecule has 0 atom stereocenters. The number of aryl methyl sites for hydroxylation is 1. The Labute approximate surface area is 106 Å². The van der Waals surface area contributed by atoms with Gasteiger partial charge in [-0.25, -0.2) is 4.98 Å². The van der Waals surface area contributed by atoms with E-state index in [1.807, 2.05) is 22.6 Å². The summed E-state index contributed by atoms with van der Waals surface area (Å²) in [5, 5.41) is 0. The molecule has 0 N–H and O–H groups in total. The molecule has 2 nitrogen and oxygen atoms in total. The molecule has 0 aliphatic carbocycles. The highest BCUT2D eigenvalue weighted by Crippen LogP contribution is 2.30. The number of hydrogen-bond acceptors (Lipinski definition) is 2. The summed E-state index contributed by atoms with van der Waals surface area (Å²) in [6.07, 6.45) is -4.67. The summed E-state index contributed by atoms with van der Waals surface area (Å²) in [5.41, 5.74) is 0.422. The molecule has 14 heavy (non-hydrogen) atoms. The Morgan fingerprint density at radius 1 is 1.36 bits per heavy atom. The maximum atomic E-state index is 11.9. The summed E-state index contributed by atoms with van der Waals surface area (Å²) < 4.78 is 40.5. The summed E-state index contributed by atoms with van der Waals surface area (Å²) in [6, 6.07) is 1.53. The molecule has 1 rings (SSSR count). The minimum atomic E-state index is -4.67. The van der Waals surface area contributed by atoms with E-state index in [0.717, 1.165) is 0 Å². The molecule has 78 valence electrons. The number of halogens is 5. The van der Waals surface area contributed by atoms with E-state index < -0.39 is 6.36 Å². The van der Waals surface area contributed by atoms with Gasteiger partial charge in [-0.1, -0.05) is 0 Å². The van der Waals surface area contributed by atoms with Crippen molar-refractivity contribution in [2.75, 3.05) is 0 Å². The zero-order valence-electron chi connectivity index (χ0n) is 6.82. The maximum absolute atomic E-state index is 11.9. The summed E-state index contributed by atoms with van der Waals surface area (Å²) in [6.45, 7) is 1.55. The number of ether oxygens (including phenoxy) is 1. The molecule has 1 aromatic rings. The Bertz CT molecular complexity index is 330. The van der Waals surface area contributed by atoms with Crippen molar-refractivity contribution in [3.8, 4) is 5.75 Å². The second-order valence-electron chi connectivity index (χ2n) is 2.43. The van der Waals surface area contributed by atoms with Crippen molar-refractivity contribution in [2.45, 2.75) is 13.3 Å². The predicted octanol–water partition coefficient (Wildman–Crippen LogP) is 3.50. The molecule has 0 saturated carbocycles. The Balaban J connectivity index is 3.09. The molecule has 1 aromatic heterocycles. The van der Waals surface area contributed by atoms with E-state index in [-0.39, 0.29) is 9.45 Å². The highest BCUT2D eigenvalue weighted by atomic mass is 127. The number of nitrogens with zero attached hydrogens (tertiary/aromatic N) is 1. The largest absolute Gasteiger partial charge is 0.573 e. The van der Waals surface area contributed by atoms with E-state index in [4.69, 9.17) is 0 Å². The molecular formula is C7H4F3I2NO. The first kappa shape index (κ1) is 12.3. The third-order valence-electron chi connectivity index (χ3n) is 1.30. The van der Waals surface area contributed by atoms with E-state index >= 15 is 0 Å². The second kappa shape index (κ2) is 4.37. The molecule has 0 saturated heterocycles. The molecule has 0 spiro atoms. The van der Waals surface area contributed by atoms with Crippen molar-refractivity contribution >= 4 is 45.2 Å². The fourth-order valence-corrected chi connectivity index (χ4v) is 2.79. The number of aromatic nitrogens is 1. The van der Waals surface area contributed by atoms with Crippen molar-refractivity contribution in [3.63, 3.8) is 0 Å². The average molecular weight is 429 g/mol. The number of hydrogen-bond donors (Lipinski definition) is 0. The van der Waals surface area contributed by atoms with Gasteiger partial charge in [0.2, 0.25) is 0 Å². The fraction of sp³-hybridized carbons (Fsp3) is 0.286. The van der Waals surface area contributed by atoms with E-state index in [1.54, 1.807) is 29.5 Å². The highest BCUT2D eigenvalue weighted by molar-refractivity contribution is 14.1. The van der Waals surface area contributed by atoms with Crippen LogP contribution in [-0.2, 0) is 0 Å². The van der Waals surface area contributed by atoms with Crippen LogP contribution in [-0.4, -0.2) is 11.3 Å². The van der Waals surface area contributed by atoms with Crippen LogP contribution in [0.25, 0.3) is 0 Å². The first-order valence-electron chi connectivity index (χ1n) is 3.38. The molecule has 0 unspecified atom stereocenters. The normalized spacial score (nSPS) is 11.6. The van der Waals surface area contributed by atoms with Gasteiger partial charge in [-0.3, -0.25) is 0 Å². The zero-order chi connectivity index (χ0) is 10.9. The summed E-state index contributed by atoms with van der Waals surface area (Å²) in [5.74, 6) is -0.224. The Morgan fingerprint density at radius 3 is 2.36 bits per heavy atom. The van der Waals surface area contributed by atoms with Crippen LogP contribution in [0, 0.1) is 14.3 Å². The fourth-order valence-electron chi connectivity index (χ4n) is 0.822. The Kier molecular flexibility index (Phi) is 3.83. The molecule has 0 bridgehead atoms. The SMILES string of the molecule is Cc1cc(I)nc(I)c1OC(F)(F)F. The van der Waals surface area contributed by atoms with Crippen molar-refractivity contribution < 1.29 is 17.9 Å². The minimum Gasteiger partial charge on any atom is -0.403 e. The zero-order valence-corrected chi connectivity index (χ0v) is 11.1. The van der Waals surface area contributed by atoms with Crippen LogP contribution < -0.4 is 4.74 Å². The van der Waals surface area contributed by atoms with Crippen molar-refractivity contribution in [2.24, 2.45) is 0 Å². The van der Waals surface area contributed by atoms with Crippen LogP contribution in [0.3, 0.4) is 0 Å². The lowest BCUT2D eigenvalue weighted by Crippen LogP contribution is -2.19. The summed E-state index contributed by atoms with van der Waals surface area (Å²) in [4.78, 5) is 3.87. The molecule has 0 aromatic carbocycles. The molecule has 0 radical (unpaired) electrons. The lowest BCUT2D eigenvalue weighted by atomic mass is 10.3. The molecular weight excluding hydrogens is 425 g/mol. The number of rotatable bonds is 1. The van der Waals surface area contributed by atoms with Crippen LogP contribution in [0.2, 0.25) is 0 Å². The van der Waals surface area contributed by atoms with Crippen LogP contribution in [0.15, 0.2) is 6.07 Å². The standard InChI is InChI=1S/C7H4F3I2NO/c1-3-2-4(11)13-6(12)5(3)14-7(8,9)10/h2H,1H3. The van der Waals surface area contributed by atoms with E-state index in [9.17, 15) is 13.2 Å². The summed E-state index contributed by atoms with van der Waals surface area (Å²) >= 11 is 3.64. The third-order valence-corrected chi connectivity index (χ3v) is 2.59. The van der Waals surface area contributed by atoms with Gasteiger partial charge in [0.1, 0.15) is 7.40 Å². The van der Waals surface area contributed by atoms with E-state index in [0.29, 0.717) is 9.26 Å². The second-order valence-corrected chi connectivity index (χ2v) is 4.56. The molecule has 0 fully saturated rings. The number of pyridine rings is 1. The Hall–Kier alpha value is 0.200. The van der Waals surface area contributed by atoms with Gasteiger partial charge in [0.25, 0.3) is 0 Å². The maximum Gasteiger partial charge on any atom is 0.573 e. The highest BCUT2D eigenvalue weighted by Gasteiger charge is 2.33. The van der Waals surface area contributed by atoms with Crippen LogP contribution in [0.5, 0.6) is 5.75 Å². The van der Waals surface area contributed by atoms with Gasteiger partial charge in [0, 0.05) is 0 Å². The number of alkyl halides is 3. The van der Waals surface area contributed by atoms with Gasteiger partial charge in [0.15, 0.2) is 5.75 Å². The predicted molar refractivity (Wildman–Crippen MR) is 61.1 cm³/mol. The Morgan fingerprint density at radius 2 is 1.93 bits per heavy atom. The van der Waals surface area contributed by atoms with Crippen LogP contribution in [0.4, 0.5) is 13.2 Å². The van der Waals surface area contributed by atoms with Crippen molar-refractivity contribution in [1.29, 1.82) is 0 Å². The summed E-state index contributed by atoms with van der Waals surface area (Å²) in [7, 11) is 0. The lowest BCUT2D eigenvalue weighted by Gasteiger charge is -2.12. The van der Waals surface area contributed by atoms with Gasteiger partial charge in [-0.15, -0.1) is 13.2 Å². The van der Waals surface area contributed by atoms with Gasteiger partial charge < -0.3 is 4.74 Å². The average Bonchev–Trinajstić information content (AvgIpc) is 1.95. The van der Waals surface area contributed by atoms with Gasteiger partial charge in [-0.2, -0.15) is 0 Å². The molecule has 0 aliphatic heterocycles. The quantitative estimate of drug-likeness (QED) is 0.504. The lowest BCUT2D eigenvalue weighted by molar-refractivity contribution is -0.275. The van der Waals surface area contributed by atoms with Gasteiger partial charge >= 0.3 is 6.36 Å². The van der Waals surface area contributed by atoms with Crippen molar-refractivity contribution in [1.82, 2.24) is 4.98 Å². The molecule has 0 aliphatic rings. The topological polar surface area (TPSA) is 22.1 Å². The minimum absolute atomic E-state index is 0.212. The monoisotopic (exact) mass is 429 g/mol. The van der Waals surface area contributed by atoms with Crippen molar-refractivity contribution in [3.05, 3.63) is 19.0 Å². The first-order chi connectivity index (χ1) is 6.29. The van der Waals surface area contributed by atoms with E-state index in [2.05, 4.69) is 9.72 Å².